The van der Waals surface area contributed by atoms with Crippen LogP contribution >= 0.6 is 0 Å². The van der Waals surface area contributed by atoms with Crippen LogP contribution in [0.1, 0.15) is 30.0 Å². The Labute approximate surface area is 175 Å². The van der Waals surface area contributed by atoms with Crippen molar-refractivity contribution in [3.05, 3.63) is 64.6 Å². The molecular formula is C21H18N8O2. The van der Waals surface area contributed by atoms with Gasteiger partial charge in [0.25, 0.3) is 5.62 Å². The number of H-pyrrole nitrogens is 1. The SMILES string of the molecule is N#CC(Nc1nc(=NC2CC2)n2ncc(=Cc3cc(O)[nH]c3O)c2n1)c1ccccc1. The van der Waals surface area contributed by atoms with Crippen LogP contribution in [0, 0.1) is 11.3 Å². The van der Waals surface area contributed by atoms with Crippen LogP contribution in [-0.2, 0) is 0 Å². The van der Waals surface area contributed by atoms with Crippen molar-refractivity contribution in [2.24, 2.45) is 4.99 Å². The molecule has 0 radical (unpaired) electrons. The van der Waals surface area contributed by atoms with E-state index in [1.807, 2.05) is 30.3 Å². The number of anilines is 1. The average Bonchev–Trinajstić information content (AvgIpc) is 3.41. The number of rotatable bonds is 5. The molecule has 0 bridgehead atoms. The van der Waals surface area contributed by atoms with Crippen LogP contribution in [-0.4, -0.2) is 40.8 Å². The second kappa shape index (κ2) is 7.46. The fourth-order valence-corrected chi connectivity index (χ4v) is 3.18. The van der Waals surface area contributed by atoms with Crippen LogP contribution < -0.4 is 16.2 Å². The monoisotopic (exact) mass is 414 g/mol. The first-order chi connectivity index (χ1) is 15.1. The van der Waals surface area contributed by atoms with E-state index in [4.69, 9.17) is 0 Å². The minimum atomic E-state index is -0.640. The summed E-state index contributed by atoms with van der Waals surface area (Å²) in [6, 6.07) is 12.5. The Morgan fingerprint density at radius 1 is 1.26 bits per heavy atom. The van der Waals surface area contributed by atoms with Gasteiger partial charge in [0.15, 0.2) is 17.4 Å². The Kier molecular flexibility index (Phi) is 4.48. The van der Waals surface area contributed by atoms with Crippen molar-refractivity contribution in [2.45, 2.75) is 24.9 Å². The van der Waals surface area contributed by atoms with Crippen LogP contribution in [0.2, 0.25) is 0 Å². The Bertz CT molecular complexity index is 1410. The molecule has 1 aliphatic rings. The summed E-state index contributed by atoms with van der Waals surface area (Å²) in [6.45, 7) is 0. The molecule has 5 rings (SSSR count). The van der Waals surface area contributed by atoms with E-state index in [0.717, 1.165) is 18.4 Å². The lowest BCUT2D eigenvalue weighted by Crippen LogP contribution is -2.25. The summed E-state index contributed by atoms with van der Waals surface area (Å²) in [5, 5.41) is 37.2. The number of nitriles is 1. The second-order valence-electron chi connectivity index (χ2n) is 7.26. The van der Waals surface area contributed by atoms with Gasteiger partial charge in [-0.3, -0.25) is 4.98 Å². The van der Waals surface area contributed by atoms with Crippen LogP contribution in [0.15, 0.2) is 47.6 Å². The summed E-state index contributed by atoms with van der Waals surface area (Å²) in [5.41, 5.74) is 2.03. The standard InChI is InChI=1S/C21H18N8O2/c22-10-16(12-4-2-1-3-5-12)25-20-27-18-14(8-13-9-17(30)26-19(13)31)11-23-29(18)21(28-20)24-15-6-7-15/h1-5,8-9,11,15-16,26,30-31H,6-7H2,(H,24,25,28). The summed E-state index contributed by atoms with van der Waals surface area (Å²) in [6.07, 6.45) is 5.22. The lowest BCUT2D eigenvalue weighted by molar-refractivity contribution is 0.425. The third-order valence-corrected chi connectivity index (χ3v) is 4.88. The third-order valence-electron chi connectivity index (χ3n) is 4.88. The summed E-state index contributed by atoms with van der Waals surface area (Å²) >= 11 is 0. The normalized spacial score (nSPS) is 15.8. The molecule has 31 heavy (non-hydrogen) atoms. The van der Waals surface area contributed by atoms with Crippen molar-refractivity contribution in [3.63, 3.8) is 0 Å². The van der Waals surface area contributed by atoms with Crippen molar-refractivity contribution >= 4 is 17.7 Å². The van der Waals surface area contributed by atoms with E-state index in [1.165, 1.54) is 10.6 Å². The number of benzene rings is 1. The summed E-state index contributed by atoms with van der Waals surface area (Å²) in [5.74, 6) is -0.0688. The third kappa shape index (κ3) is 3.76. The molecule has 0 saturated heterocycles. The lowest BCUT2D eigenvalue weighted by Gasteiger charge is -2.11. The van der Waals surface area contributed by atoms with Gasteiger partial charge >= 0.3 is 0 Å². The van der Waals surface area contributed by atoms with Gasteiger partial charge in [-0.25, -0.2) is 4.99 Å². The molecule has 1 saturated carbocycles. The minimum Gasteiger partial charge on any atom is -0.494 e. The van der Waals surface area contributed by atoms with Gasteiger partial charge in [-0.15, -0.1) is 0 Å². The number of nitrogens with one attached hydrogen (secondary N) is 2. The molecule has 3 aromatic heterocycles. The molecule has 1 atom stereocenters. The molecule has 10 nitrogen and oxygen atoms in total. The number of aromatic hydroxyl groups is 2. The first-order valence-electron chi connectivity index (χ1n) is 9.74. The van der Waals surface area contributed by atoms with Crippen molar-refractivity contribution in [1.29, 1.82) is 5.26 Å². The molecule has 3 heterocycles. The van der Waals surface area contributed by atoms with E-state index < -0.39 is 6.04 Å². The molecule has 1 aliphatic carbocycles. The maximum absolute atomic E-state index is 9.94. The van der Waals surface area contributed by atoms with Crippen LogP contribution in [0.25, 0.3) is 11.7 Å². The molecule has 1 unspecified atom stereocenters. The van der Waals surface area contributed by atoms with Crippen molar-refractivity contribution in [2.75, 3.05) is 5.32 Å². The summed E-state index contributed by atoms with van der Waals surface area (Å²) in [4.78, 5) is 16.1. The lowest BCUT2D eigenvalue weighted by atomic mass is 10.1. The maximum Gasteiger partial charge on any atom is 0.251 e. The number of aromatic nitrogens is 5. The number of nitrogens with zero attached hydrogens (tertiary/aromatic N) is 6. The summed E-state index contributed by atoms with van der Waals surface area (Å²) in [7, 11) is 0. The number of fused-ring (bicyclic) bond motifs is 1. The predicted octanol–water partition coefficient (Wildman–Crippen LogP) is 1.15. The number of hydrogen-bond donors (Lipinski definition) is 4. The van der Waals surface area contributed by atoms with E-state index in [0.29, 0.717) is 22.0 Å². The zero-order chi connectivity index (χ0) is 21.4. The maximum atomic E-state index is 9.94. The highest BCUT2D eigenvalue weighted by Gasteiger charge is 2.21. The fourth-order valence-electron chi connectivity index (χ4n) is 3.18. The van der Waals surface area contributed by atoms with E-state index in [2.05, 4.69) is 36.4 Å². The van der Waals surface area contributed by atoms with E-state index in [9.17, 15) is 15.5 Å². The van der Waals surface area contributed by atoms with E-state index in [-0.39, 0.29) is 23.8 Å². The van der Waals surface area contributed by atoms with E-state index in [1.54, 1.807) is 12.3 Å². The smallest absolute Gasteiger partial charge is 0.251 e. The van der Waals surface area contributed by atoms with Gasteiger partial charge in [-0.05, 0) is 24.5 Å². The first-order valence-corrected chi connectivity index (χ1v) is 9.74. The highest BCUT2D eigenvalue weighted by molar-refractivity contribution is 5.61. The average molecular weight is 414 g/mol. The quantitative estimate of drug-likeness (QED) is 0.383. The zero-order valence-corrected chi connectivity index (χ0v) is 16.3. The van der Waals surface area contributed by atoms with Gasteiger partial charge in [0.1, 0.15) is 6.04 Å². The van der Waals surface area contributed by atoms with E-state index >= 15 is 0 Å². The topological polar surface area (TPSA) is 148 Å². The Morgan fingerprint density at radius 2 is 2.06 bits per heavy atom. The van der Waals surface area contributed by atoms with Crippen molar-refractivity contribution < 1.29 is 10.2 Å². The Hall–Kier alpha value is -4.39. The molecule has 10 heteroatoms. The molecule has 0 spiro atoms. The molecule has 0 amide bonds. The van der Waals surface area contributed by atoms with Gasteiger partial charge in [0.2, 0.25) is 5.95 Å². The molecular weight excluding hydrogens is 396 g/mol. The van der Waals surface area contributed by atoms with Crippen molar-refractivity contribution in [3.8, 4) is 17.8 Å². The van der Waals surface area contributed by atoms with Gasteiger partial charge in [-0.1, -0.05) is 30.3 Å². The molecule has 4 aromatic rings. The van der Waals surface area contributed by atoms with Gasteiger partial charge in [0, 0.05) is 16.8 Å². The van der Waals surface area contributed by atoms with Gasteiger partial charge in [-0.2, -0.15) is 24.8 Å². The Balaban J connectivity index is 1.64. The predicted molar refractivity (Wildman–Crippen MR) is 111 cm³/mol. The largest absolute Gasteiger partial charge is 0.494 e. The minimum absolute atomic E-state index is 0.152. The number of hydrogen-bond acceptors (Lipinski definition) is 8. The molecule has 154 valence electrons. The molecule has 0 aliphatic heterocycles. The highest BCUT2D eigenvalue weighted by Crippen LogP contribution is 2.23. The van der Waals surface area contributed by atoms with Crippen molar-refractivity contribution in [1.82, 2.24) is 24.6 Å². The van der Waals surface area contributed by atoms with Gasteiger partial charge in [0.05, 0.1) is 18.3 Å². The second-order valence-corrected chi connectivity index (χ2v) is 7.26. The number of aromatic amines is 1. The fraction of sp³-hybridized carbons (Fsp3) is 0.190. The highest BCUT2D eigenvalue weighted by atomic mass is 16.3. The first kappa shape index (κ1) is 18.6. The summed E-state index contributed by atoms with van der Waals surface area (Å²) < 4.78 is 1.53. The zero-order valence-electron chi connectivity index (χ0n) is 16.3. The van der Waals surface area contributed by atoms with Crippen LogP contribution in [0.3, 0.4) is 0 Å². The Morgan fingerprint density at radius 3 is 2.74 bits per heavy atom. The molecule has 4 N–H and O–H groups in total. The van der Waals surface area contributed by atoms with Gasteiger partial charge < -0.3 is 15.5 Å². The van der Waals surface area contributed by atoms with Crippen LogP contribution in [0.4, 0.5) is 5.95 Å². The molecule has 1 aromatic carbocycles. The van der Waals surface area contributed by atoms with Crippen LogP contribution in [0.5, 0.6) is 11.8 Å². The molecule has 1 fully saturated rings.